The number of pyridine rings is 2. The lowest BCUT2D eigenvalue weighted by molar-refractivity contribution is 0.0591. The number of nitrogen functional groups attached to an aromatic ring is 1. The Labute approximate surface area is 253 Å². The SMILES string of the molecule is COC(=O)c1c(-c2cc(OC)c(OC)c(OC)c2)c2ccc(OCc3cccc(OC)c3)nc2c(=O)n1-c1ccc(N)cc1. The summed E-state index contributed by atoms with van der Waals surface area (Å²) in [6.45, 7) is 0.182. The van der Waals surface area contributed by atoms with Crippen molar-refractivity contribution in [2.75, 3.05) is 41.3 Å². The smallest absolute Gasteiger partial charge is 0.355 e. The highest BCUT2D eigenvalue weighted by Gasteiger charge is 2.28. The average Bonchev–Trinajstić information content (AvgIpc) is 3.06. The lowest BCUT2D eigenvalue weighted by Gasteiger charge is -2.20. The van der Waals surface area contributed by atoms with E-state index in [0.717, 1.165) is 5.56 Å². The lowest BCUT2D eigenvalue weighted by atomic mass is 9.97. The maximum Gasteiger partial charge on any atom is 0.355 e. The van der Waals surface area contributed by atoms with Gasteiger partial charge in [0.2, 0.25) is 11.6 Å². The molecule has 0 aliphatic heterocycles. The molecule has 5 aromatic rings. The molecule has 11 nitrogen and oxygen atoms in total. The van der Waals surface area contributed by atoms with Crippen LogP contribution in [-0.2, 0) is 11.3 Å². The maximum absolute atomic E-state index is 14.2. The highest BCUT2D eigenvalue weighted by atomic mass is 16.5. The van der Waals surface area contributed by atoms with Gasteiger partial charge in [-0.2, -0.15) is 0 Å². The zero-order valence-electron chi connectivity index (χ0n) is 24.9. The number of aromatic nitrogens is 2. The quantitative estimate of drug-likeness (QED) is 0.173. The fraction of sp³-hybridized carbons (Fsp3) is 0.182. The largest absolute Gasteiger partial charge is 0.497 e. The zero-order valence-corrected chi connectivity index (χ0v) is 24.9. The predicted molar refractivity (Wildman–Crippen MR) is 166 cm³/mol. The van der Waals surface area contributed by atoms with Gasteiger partial charge in [0, 0.05) is 28.4 Å². The molecule has 0 bridgehead atoms. The Kier molecular flexibility index (Phi) is 8.56. The second kappa shape index (κ2) is 12.7. The molecule has 0 spiro atoms. The van der Waals surface area contributed by atoms with Crippen molar-refractivity contribution in [1.82, 2.24) is 9.55 Å². The number of esters is 1. The molecular formula is C33H31N3O8. The van der Waals surface area contributed by atoms with E-state index in [1.165, 1.54) is 33.0 Å². The average molecular weight is 598 g/mol. The molecule has 0 unspecified atom stereocenters. The van der Waals surface area contributed by atoms with Crippen molar-refractivity contribution in [1.29, 1.82) is 0 Å². The number of ether oxygens (including phenoxy) is 6. The summed E-state index contributed by atoms with van der Waals surface area (Å²) < 4.78 is 34.4. The molecule has 0 amide bonds. The van der Waals surface area contributed by atoms with E-state index in [1.807, 2.05) is 24.3 Å². The van der Waals surface area contributed by atoms with Crippen LogP contribution >= 0.6 is 0 Å². The van der Waals surface area contributed by atoms with Gasteiger partial charge in [-0.1, -0.05) is 12.1 Å². The van der Waals surface area contributed by atoms with E-state index in [4.69, 9.17) is 34.2 Å². The van der Waals surface area contributed by atoms with Crippen molar-refractivity contribution in [3.63, 3.8) is 0 Å². The van der Waals surface area contributed by atoms with Crippen LogP contribution in [0, 0.1) is 0 Å². The van der Waals surface area contributed by atoms with Crippen molar-refractivity contribution in [2.45, 2.75) is 6.61 Å². The molecule has 0 radical (unpaired) electrons. The first-order valence-corrected chi connectivity index (χ1v) is 13.4. The molecular weight excluding hydrogens is 566 g/mol. The van der Waals surface area contributed by atoms with Crippen LogP contribution in [0.3, 0.4) is 0 Å². The molecule has 0 aliphatic rings. The number of nitrogens with two attached hydrogens (primary N) is 1. The van der Waals surface area contributed by atoms with Gasteiger partial charge in [0.1, 0.15) is 23.6 Å². The Balaban J connectivity index is 1.81. The second-order valence-electron chi connectivity index (χ2n) is 9.55. The number of anilines is 1. The van der Waals surface area contributed by atoms with Crippen molar-refractivity contribution >= 4 is 22.6 Å². The van der Waals surface area contributed by atoms with Gasteiger partial charge >= 0.3 is 5.97 Å². The molecule has 2 aromatic heterocycles. The molecule has 2 heterocycles. The van der Waals surface area contributed by atoms with Gasteiger partial charge in [0.25, 0.3) is 5.56 Å². The van der Waals surface area contributed by atoms with Crippen LogP contribution in [0.5, 0.6) is 28.9 Å². The standard InChI is InChI=1S/C33H31N3O8/c1-39-23-8-6-7-19(15-23)18-44-27-14-13-24-28(20-16-25(40-2)31(42-4)26(17-20)41-3)30(33(38)43-5)36(32(37)29(24)35-27)22-11-9-21(34)10-12-22/h6-17H,18,34H2,1-5H3. The van der Waals surface area contributed by atoms with Gasteiger partial charge in [-0.3, -0.25) is 9.36 Å². The van der Waals surface area contributed by atoms with E-state index in [-0.39, 0.29) is 23.7 Å². The van der Waals surface area contributed by atoms with Gasteiger partial charge in [0.05, 0.1) is 35.5 Å². The molecule has 0 atom stereocenters. The van der Waals surface area contributed by atoms with Crippen molar-refractivity contribution < 1.29 is 33.2 Å². The molecule has 0 aliphatic carbocycles. The summed E-state index contributed by atoms with van der Waals surface area (Å²) in [7, 11) is 7.31. The van der Waals surface area contributed by atoms with E-state index in [9.17, 15) is 9.59 Å². The Hall–Kier alpha value is -5.71. The fourth-order valence-corrected chi connectivity index (χ4v) is 4.93. The highest BCUT2D eigenvalue weighted by Crippen LogP contribution is 2.43. The number of carbonyl (C=O) groups excluding carboxylic acids is 1. The van der Waals surface area contributed by atoms with Gasteiger partial charge in [-0.05, 0) is 65.7 Å². The molecule has 11 heteroatoms. The Morgan fingerprint density at radius 2 is 1.55 bits per heavy atom. The normalized spacial score (nSPS) is 10.8. The summed E-state index contributed by atoms with van der Waals surface area (Å²) in [4.78, 5) is 32.4. The molecule has 0 saturated carbocycles. The minimum atomic E-state index is -0.747. The maximum atomic E-state index is 14.2. The summed E-state index contributed by atoms with van der Waals surface area (Å²) in [5.74, 6) is 1.21. The third-order valence-electron chi connectivity index (χ3n) is 7.01. The predicted octanol–water partition coefficient (Wildman–Crippen LogP) is 5.03. The number of methoxy groups -OCH3 is 5. The van der Waals surface area contributed by atoms with E-state index in [2.05, 4.69) is 4.98 Å². The van der Waals surface area contributed by atoms with Crippen LogP contribution in [0.25, 0.3) is 27.7 Å². The van der Waals surface area contributed by atoms with Crippen LogP contribution in [0.15, 0.2) is 77.6 Å². The number of carbonyl (C=O) groups is 1. The fourth-order valence-electron chi connectivity index (χ4n) is 4.93. The Morgan fingerprint density at radius 1 is 0.841 bits per heavy atom. The topological polar surface area (TPSA) is 133 Å². The van der Waals surface area contributed by atoms with Gasteiger partial charge < -0.3 is 34.2 Å². The monoisotopic (exact) mass is 597 g/mol. The number of hydrogen-bond acceptors (Lipinski definition) is 10. The van der Waals surface area contributed by atoms with Gasteiger partial charge in [0.15, 0.2) is 11.5 Å². The summed E-state index contributed by atoms with van der Waals surface area (Å²) in [5.41, 5.74) is 7.96. The lowest BCUT2D eigenvalue weighted by Crippen LogP contribution is -2.27. The third kappa shape index (κ3) is 5.54. The van der Waals surface area contributed by atoms with E-state index in [1.54, 1.807) is 55.6 Å². The number of nitrogens with zero attached hydrogens (tertiary/aromatic N) is 2. The molecule has 44 heavy (non-hydrogen) atoms. The minimum Gasteiger partial charge on any atom is -0.497 e. The first kappa shape index (κ1) is 29.8. The van der Waals surface area contributed by atoms with E-state index in [0.29, 0.717) is 50.9 Å². The summed E-state index contributed by atoms with van der Waals surface area (Å²) in [6, 6.07) is 20.7. The Morgan fingerprint density at radius 3 is 2.16 bits per heavy atom. The van der Waals surface area contributed by atoms with E-state index < -0.39 is 11.5 Å². The van der Waals surface area contributed by atoms with E-state index >= 15 is 0 Å². The van der Waals surface area contributed by atoms with Gasteiger partial charge in [-0.15, -0.1) is 0 Å². The molecule has 2 N–H and O–H groups in total. The molecule has 5 rings (SSSR count). The minimum absolute atomic E-state index is 0.0316. The van der Waals surface area contributed by atoms with Crippen LogP contribution in [0.4, 0.5) is 5.69 Å². The molecule has 0 fully saturated rings. The van der Waals surface area contributed by atoms with Crippen molar-refractivity contribution in [2.24, 2.45) is 0 Å². The first-order valence-electron chi connectivity index (χ1n) is 13.4. The second-order valence-corrected chi connectivity index (χ2v) is 9.55. The molecule has 3 aromatic carbocycles. The summed E-state index contributed by atoms with van der Waals surface area (Å²) in [5, 5.41) is 0.380. The number of fused-ring (bicyclic) bond motifs is 1. The van der Waals surface area contributed by atoms with Crippen LogP contribution in [0.1, 0.15) is 16.1 Å². The van der Waals surface area contributed by atoms with Crippen molar-refractivity contribution in [3.8, 4) is 45.7 Å². The zero-order chi connectivity index (χ0) is 31.4. The molecule has 0 saturated heterocycles. The van der Waals surface area contributed by atoms with Crippen LogP contribution < -0.4 is 35.0 Å². The third-order valence-corrected chi connectivity index (χ3v) is 7.01. The summed E-state index contributed by atoms with van der Waals surface area (Å²) in [6.07, 6.45) is 0. The number of benzene rings is 3. The molecule has 226 valence electrons. The Bertz CT molecular complexity index is 1880. The first-order chi connectivity index (χ1) is 21.3. The van der Waals surface area contributed by atoms with Crippen LogP contribution in [-0.4, -0.2) is 51.1 Å². The van der Waals surface area contributed by atoms with Crippen LogP contribution in [0.2, 0.25) is 0 Å². The van der Waals surface area contributed by atoms with Crippen molar-refractivity contribution in [3.05, 3.63) is 94.4 Å². The van der Waals surface area contributed by atoms with Gasteiger partial charge in [-0.25, -0.2) is 9.78 Å². The summed E-state index contributed by atoms with van der Waals surface area (Å²) >= 11 is 0. The number of rotatable bonds is 10. The highest BCUT2D eigenvalue weighted by molar-refractivity contribution is 6.06. The number of hydrogen-bond donors (Lipinski definition) is 1.